The number of rotatable bonds is 11. The molecule has 22 heteroatoms. The molecule has 4 fully saturated rings. The van der Waals surface area contributed by atoms with Crippen molar-refractivity contribution in [3.63, 3.8) is 0 Å². The molecule has 0 amide bonds. The number of ether oxygens (including phenoxy) is 7. The van der Waals surface area contributed by atoms with Gasteiger partial charge in [0, 0.05) is 0 Å². The van der Waals surface area contributed by atoms with E-state index >= 15 is 0 Å². The first-order chi connectivity index (χ1) is 21.8. The molecule has 4 heterocycles. The number of aliphatic hydroxyl groups is 13. The summed E-state index contributed by atoms with van der Waals surface area (Å²) >= 11 is 0. The maximum atomic E-state index is 10.9. The summed E-state index contributed by atoms with van der Waals surface area (Å²) in [4.78, 5) is 4.04. The Morgan fingerprint density at radius 1 is 0.370 bits per heavy atom. The Labute approximate surface area is 259 Å². The lowest BCUT2D eigenvalue weighted by Crippen LogP contribution is -2.67. The van der Waals surface area contributed by atoms with Gasteiger partial charge in [0.15, 0.2) is 25.2 Å². The van der Waals surface area contributed by atoms with Gasteiger partial charge in [0.25, 0.3) is 0 Å². The highest BCUT2D eigenvalue weighted by atomic mass is 17.1. The van der Waals surface area contributed by atoms with Crippen molar-refractivity contribution < 1.29 is 110 Å². The van der Waals surface area contributed by atoms with Gasteiger partial charge in [0.05, 0.1) is 26.4 Å². The van der Waals surface area contributed by atoms with Crippen molar-refractivity contribution in [1.82, 2.24) is 0 Å². The Morgan fingerprint density at radius 2 is 0.652 bits per heavy atom. The summed E-state index contributed by atoms with van der Waals surface area (Å²) in [5, 5.41) is 142. The third-order valence-electron chi connectivity index (χ3n) is 8.30. The molecule has 0 aliphatic carbocycles. The monoisotopic (exact) mass is 682 g/mol. The molecule has 4 saturated heterocycles. The Bertz CT molecular complexity index is 926. The van der Waals surface area contributed by atoms with E-state index in [1.165, 1.54) is 0 Å². The number of hydrogen-bond donors (Lipinski definition) is 14. The first kappa shape index (κ1) is 37.9. The van der Waals surface area contributed by atoms with Crippen LogP contribution in [0.4, 0.5) is 0 Å². The van der Waals surface area contributed by atoms with Gasteiger partial charge in [-0.3, -0.25) is 5.26 Å². The highest BCUT2D eigenvalue weighted by Crippen LogP contribution is 2.34. The Hall–Kier alpha value is -0.880. The predicted octanol–water partition coefficient (Wildman–Crippen LogP) is -9.25. The zero-order valence-corrected chi connectivity index (χ0v) is 23.9. The van der Waals surface area contributed by atoms with Crippen molar-refractivity contribution in [3.8, 4) is 0 Å². The molecule has 0 bridgehead atoms. The van der Waals surface area contributed by atoms with E-state index in [1.807, 2.05) is 0 Å². The largest absolute Gasteiger partial charge is 0.394 e. The van der Waals surface area contributed by atoms with Gasteiger partial charge in [0.1, 0.15) is 97.7 Å². The second kappa shape index (κ2) is 16.2. The van der Waals surface area contributed by atoms with Crippen LogP contribution in [-0.4, -0.2) is 221 Å². The molecule has 0 aromatic rings. The average Bonchev–Trinajstić information content (AvgIpc) is 3.05. The Kier molecular flexibility index (Phi) is 13.4. The van der Waals surface area contributed by atoms with Gasteiger partial charge >= 0.3 is 0 Å². The highest BCUT2D eigenvalue weighted by Gasteiger charge is 2.55. The molecule has 46 heavy (non-hydrogen) atoms. The SMILES string of the molecule is OC[C@H]1O[C@H](O)[C@H](O)[C@@H](O)[C@@H]1O[C@H]1O[C@H](CO)[C@@H](O[C@H]2O[C@H](CO)[C@@H](O[C@H]3O[C@H](CO)[C@@H](OO)[C@H](O)[C@H]3O)[C@H](O)[C@H]2O)[C@H](O)[C@H]1O. The molecular weight excluding hydrogens is 640 g/mol. The van der Waals surface area contributed by atoms with Crippen LogP contribution in [0.2, 0.25) is 0 Å². The summed E-state index contributed by atoms with van der Waals surface area (Å²) in [6, 6.07) is 0. The quantitative estimate of drug-likeness (QED) is 0.0710. The molecule has 0 aromatic heterocycles. The molecular formula is C24H42O22. The number of aliphatic hydroxyl groups excluding tert-OH is 13. The second-order valence-electron chi connectivity index (χ2n) is 11.2. The molecule has 4 rings (SSSR count). The second-order valence-corrected chi connectivity index (χ2v) is 11.2. The van der Waals surface area contributed by atoms with E-state index in [0.717, 1.165) is 0 Å². The van der Waals surface area contributed by atoms with Crippen molar-refractivity contribution in [3.05, 3.63) is 0 Å². The summed E-state index contributed by atoms with van der Waals surface area (Å²) in [6.07, 6.45) is -35.4. The molecule has 22 nitrogen and oxygen atoms in total. The smallest absolute Gasteiger partial charge is 0.187 e. The van der Waals surface area contributed by atoms with Crippen LogP contribution in [0.25, 0.3) is 0 Å². The van der Waals surface area contributed by atoms with Crippen LogP contribution in [0, 0.1) is 0 Å². The first-order valence-corrected chi connectivity index (χ1v) is 14.3. The molecule has 270 valence electrons. The Balaban J connectivity index is 1.43. The third-order valence-corrected chi connectivity index (χ3v) is 8.30. The van der Waals surface area contributed by atoms with Crippen LogP contribution >= 0.6 is 0 Å². The van der Waals surface area contributed by atoms with E-state index in [-0.39, 0.29) is 0 Å². The minimum Gasteiger partial charge on any atom is -0.394 e. The lowest BCUT2D eigenvalue weighted by Gasteiger charge is -2.49. The number of hydrogen-bond acceptors (Lipinski definition) is 22. The van der Waals surface area contributed by atoms with Gasteiger partial charge in [0.2, 0.25) is 0 Å². The third kappa shape index (κ3) is 7.48. The van der Waals surface area contributed by atoms with Gasteiger partial charge in [-0.2, -0.15) is 0 Å². The molecule has 20 atom stereocenters. The van der Waals surface area contributed by atoms with Crippen LogP contribution < -0.4 is 0 Å². The van der Waals surface area contributed by atoms with Crippen LogP contribution in [0.3, 0.4) is 0 Å². The topological polar surface area (TPSA) is 357 Å². The van der Waals surface area contributed by atoms with Crippen LogP contribution in [0.1, 0.15) is 0 Å². The van der Waals surface area contributed by atoms with E-state index in [0.29, 0.717) is 0 Å². The van der Waals surface area contributed by atoms with E-state index < -0.39 is 149 Å². The molecule has 14 N–H and O–H groups in total. The zero-order valence-electron chi connectivity index (χ0n) is 23.9. The zero-order chi connectivity index (χ0) is 34.0. The lowest BCUT2D eigenvalue weighted by atomic mass is 9.95. The van der Waals surface area contributed by atoms with Gasteiger partial charge in [-0.1, -0.05) is 0 Å². The maximum Gasteiger partial charge on any atom is 0.187 e. The summed E-state index contributed by atoms with van der Waals surface area (Å²) < 4.78 is 37.8. The van der Waals surface area contributed by atoms with Crippen molar-refractivity contribution in [1.29, 1.82) is 0 Å². The molecule has 0 unspecified atom stereocenters. The molecule has 0 spiro atoms. The van der Waals surface area contributed by atoms with Crippen molar-refractivity contribution >= 4 is 0 Å². The predicted molar refractivity (Wildman–Crippen MR) is 135 cm³/mol. The fourth-order valence-electron chi connectivity index (χ4n) is 5.66. The van der Waals surface area contributed by atoms with E-state index in [9.17, 15) is 66.4 Å². The van der Waals surface area contributed by atoms with Gasteiger partial charge in [-0.15, -0.1) is 0 Å². The molecule has 4 aliphatic rings. The van der Waals surface area contributed by atoms with E-state index in [4.69, 9.17) is 38.4 Å². The molecule has 0 saturated carbocycles. The maximum absolute atomic E-state index is 10.9. The van der Waals surface area contributed by atoms with Crippen molar-refractivity contribution in [2.45, 2.75) is 123 Å². The summed E-state index contributed by atoms with van der Waals surface area (Å²) in [5.74, 6) is 0. The lowest BCUT2D eigenvalue weighted by molar-refractivity contribution is -0.400. The van der Waals surface area contributed by atoms with Gasteiger partial charge in [-0.05, 0) is 0 Å². The minimum absolute atomic E-state index is 0.807. The van der Waals surface area contributed by atoms with E-state index in [1.54, 1.807) is 0 Å². The normalized spacial score (nSPS) is 52.0. The Morgan fingerprint density at radius 3 is 0.978 bits per heavy atom. The molecule has 4 aliphatic heterocycles. The summed E-state index contributed by atoms with van der Waals surface area (Å²) in [7, 11) is 0. The van der Waals surface area contributed by atoms with Crippen LogP contribution in [0.15, 0.2) is 0 Å². The standard InChI is InChI=1S/C24H42O22/c25-1-5-17(9(29)13(33)21(37)39-5)43-22-14(34)10(30)18(6(2-26)40-22)44-23-15(35)11(31)19(7(3-27)41-23)45-24-16(36)12(32)20(46-38)8(4-28)42-24/h5-38H,1-4H2/t5-,6-,7-,8-,9-,10-,11-,12-,13-,14-,15-,16-,17-,18-,19-,20-,21+,22-,23-,24-/m1/s1. The van der Waals surface area contributed by atoms with Crippen LogP contribution in [-0.2, 0) is 38.0 Å². The fraction of sp³-hybridized carbons (Fsp3) is 1.00. The highest BCUT2D eigenvalue weighted by molar-refractivity contribution is 4.97. The van der Waals surface area contributed by atoms with Crippen LogP contribution in [0.5, 0.6) is 0 Å². The van der Waals surface area contributed by atoms with Crippen molar-refractivity contribution in [2.24, 2.45) is 0 Å². The van der Waals surface area contributed by atoms with Gasteiger partial charge < -0.3 is 99.5 Å². The average molecular weight is 683 g/mol. The molecule has 0 radical (unpaired) electrons. The van der Waals surface area contributed by atoms with E-state index in [2.05, 4.69) is 4.89 Å². The summed E-state index contributed by atoms with van der Waals surface area (Å²) in [5.41, 5.74) is 0. The van der Waals surface area contributed by atoms with Crippen molar-refractivity contribution in [2.75, 3.05) is 26.4 Å². The summed E-state index contributed by atoms with van der Waals surface area (Å²) in [6.45, 7) is -3.44. The first-order valence-electron chi connectivity index (χ1n) is 14.3. The van der Waals surface area contributed by atoms with Gasteiger partial charge in [-0.25, -0.2) is 4.89 Å². The minimum atomic E-state index is -2.04. The fourth-order valence-corrected chi connectivity index (χ4v) is 5.66. The molecule has 0 aromatic carbocycles.